The zero-order valence-electron chi connectivity index (χ0n) is 11.3. The Kier molecular flexibility index (Phi) is 7.84. The van der Waals surface area contributed by atoms with Crippen LogP contribution in [0.1, 0.15) is 16.8 Å². The van der Waals surface area contributed by atoms with Gasteiger partial charge in [-0.3, -0.25) is 4.99 Å². The summed E-state index contributed by atoms with van der Waals surface area (Å²) in [6.07, 6.45) is 4.98. The van der Waals surface area contributed by atoms with Crippen LogP contribution in [0.2, 0.25) is 0 Å². The Labute approximate surface area is 118 Å². The number of aromatic nitrogens is 1. The lowest BCUT2D eigenvalue weighted by Crippen LogP contribution is -2.38. The van der Waals surface area contributed by atoms with Crippen LogP contribution in [0.25, 0.3) is 0 Å². The van der Waals surface area contributed by atoms with Crippen molar-refractivity contribution < 1.29 is 0 Å². The van der Waals surface area contributed by atoms with Crippen molar-refractivity contribution in [3.8, 4) is 0 Å². The molecule has 0 radical (unpaired) electrons. The highest BCUT2D eigenvalue weighted by Gasteiger charge is 2.00. The maximum atomic E-state index is 4.50. The Morgan fingerprint density at radius 1 is 1.50 bits per heavy atom. The molecule has 0 fully saturated rings. The van der Waals surface area contributed by atoms with Crippen molar-refractivity contribution in [2.45, 2.75) is 20.3 Å². The van der Waals surface area contributed by atoms with Gasteiger partial charge in [-0.15, -0.1) is 11.3 Å². The van der Waals surface area contributed by atoms with Gasteiger partial charge in [0.2, 0.25) is 0 Å². The van der Waals surface area contributed by atoms with Gasteiger partial charge >= 0.3 is 0 Å². The highest BCUT2D eigenvalue weighted by atomic mass is 32.2. The molecule has 2 N–H and O–H groups in total. The fourth-order valence-electron chi connectivity index (χ4n) is 1.40. The lowest BCUT2D eigenvalue weighted by Gasteiger charge is -2.10. The number of guanidine groups is 1. The number of thiazole rings is 1. The molecular formula is C12H22N4S2. The summed E-state index contributed by atoms with van der Waals surface area (Å²) >= 11 is 3.57. The number of hydrogen-bond acceptors (Lipinski definition) is 4. The minimum Gasteiger partial charge on any atom is -0.357 e. The Balaban J connectivity index is 2.30. The fourth-order valence-corrected chi connectivity index (χ4v) is 2.46. The van der Waals surface area contributed by atoms with Crippen molar-refractivity contribution >= 4 is 29.1 Å². The molecule has 1 aromatic rings. The van der Waals surface area contributed by atoms with Crippen LogP contribution in [-0.2, 0) is 6.42 Å². The van der Waals surface area contributed by atoms with Gasteiger partial charge in [-0.05, 0) is 20.1 Å². The molecule has 1 aromatic heterocycles. The highest BCUT2D eigenvalue weighted by Crippen LogP contribution is 2.10. The largest absolute Gasteiger partial charge is 0.357 e. The molecule has 102 valence electrons. The van der Waals surface area contributed by atoms with E-state index in [4.69, 9.17) is 0 Å². The molecule has 0 aliphatic heterocycles. The summed E-state index contributed by atoms with van der Waals surface area (Å²) in [7, 11) is 0. The van der Waals surface area contributed by atoms with Crippen LogP contribution in [-0.4, -0.2) is 42.6 Å². The molecule has 0 bridgehead atoms. The van der Waals surface area contributed by atoms with Gasteiger partial charge in [-0.1, -0.05) is 0 Å². The molecule has 0 aliphatic rings. The van der Waals surface area contributed by atoms with E-state index in [2.05, 4.69) is 40.7 Å². The van der Waals surface area contributed by atoms with Gasteiger partial charge in [0.05, 0.1) is 11.6 Å². The quantitative estimate of drug-likeness (QED) is 0.457. The van der Waals surface area contributed by atoms with E-state index in [1.54, 1.807) is 11.3 Å². The number of rotatable bonds is 7. The molecule has 0 saturated heterocycles. The second kappa shape index (κ2) is 9.22. The SMILES string of the molecule is CCNC(=NCCSC)NCCc1ncc(C)s1. The van der Waals surface area contributed by atoms with Crippen LogP contribution in [0.5, 0.6) is 0 Å². The van der Waals surface area contributed by atoms with E-state index in [1.807, 2.05) is 18.0 Å². The molecule has 18 heavy (non-hydrogen) atoms. The number of hydrogen-bond donors (Lipinski definition) is 2. The minimum atomic E-state index is 0.854. The summed E-state index contributed by atoms with van der Waals surface area (Å²) in [5.74, 6) is 1.96. The van der Waals surface area contributed by atoms with Crippen LogP contribution in [0.3, 0.4) is 0 Å². The van der Waals surface area contributed by atoms with Crippen LogP contribution in [0, 0.1) is 6.92 Å². The summed E-state index contributed by atoms with van der Waals surface area (Å²) in [6, 6.07) is 0. The Bertz CT molecular complexity index is 363. The fraction of sp³-hybridized carbons (Fsp3) is 0.667. The Morgan fingerprint density at radius 2 is 2.33 bits per heavy atom. The summed E-state index contributed by atoms with van der Waals surface area (Å²) in [4.78, 5) is 10.1. The van der Waals surface area contributed by atoms with Gasteiger partial charge in [0.1, 0.15) is 0 Å². The second-order valence-corrected chi connectivity index (χ2v) is 6.10. The Hall–Kier alpha value is -0.750. The van der Waals surface area contributed by atoms with E-state index in [-0.39, 0.29) is 0 Å². The van der Waals surface area contributed by atoms with Crippen LogP contribution in [0.15, 0.2) is 11.2 Å². The van der Waals surface area contributed by atoms with Gasteiger partial charge < -0.3 is 10.6 Å². The number of aliphatic imine (C=N–C) groups is 1. The molecule has 0 spiro atoms. The van der Waals surface area contributed by atoms with Gasteiger partial charge in [-0.25, -0.2) is 4.98 Å². The van der Waals surface area contributed by atoms with Crippen molar-refractivity contribution in [1.29, 1.82) is 0 Å². The number of aryl methyl sites for hydroxylation is 1. The smallest absolute Gasteiger partial charge is 0.191 e. The lowest BCUT2D eigenvalue weighted by molar-refractivity contribution is 0.801. The molecule has 0 amide bonds. The standard InChI is InChI=1S/C12H22N4S2/c1-4-13-12(15-7-8-17-3)14-6-5-11-16-9-10(2)18-11/h9H,4-8H2,1-3H3,(H2,13,14,15). The zero-order chi connectivity index (χ0) is 13.2. The normalized spacial score (nSPS) is 11.6. The van der Waals surface area contributed by atoms with Crippen LogP contribution >= 0.6 is 23.1 Å². The first-order chi connectivity index (χ1) is 8.76. The average molecular weight is 286 g/mol. The molecule has 4 nitrogen and oxygen atoms in total. The Morgan fingerprint density at radius 3 is 2.94 bits per heavy atom. The monoisotopic (exact) mass is 286 g/mol. The average Bonchev–Trinajstić information content (AvgIpc) is 2.75. The van der Waals surface area contributed by atoms with E-state index < -0.39 is 0 Å². The third-order valence-corrected chi connectivity index (χ3v) is 3.77. The van der Waals surface area contributed by atoms with Gasteiger partial charge in [0.15, 0.2) is 5.96 Å². The van der Waals surface area contributed by atoms with E-state index in [9.17, 15) is 0 Å². The zero-order valence-corrected chi connectivity index (χ0v) is 13.0. The molecule has 0 atom stereocenters. The molecule has 0 aromatic carbocycles. The van der Waals surface area contributed by atoms with E-state index in [0.29, 0.717) is 0 Å². The first-order valence-electron chi connectivity index (χ1n) is 6.18. The van der Waals surface area contributed by atoms with E-state index in [1.165, 1.54) is 9.88 Å². The van der Waals surface area contributed by atoms with E-state index in [0.717, 1.165) is 37.8 Å². The molecule has 0 aliphatic carbocycles. The van der Waals surface area contributed by atoms with Gasteiger partial charge in [0, 0.05) is 36.3 Å². The third-order valence-electron chi connectivity index (χ3n) is 2.21. The molecule has 1 rings (SSSR count). The minimum absolute atomic E-state index is 0.854. The molecule has 6 heteroatoms. The molecule has 0 unspecified atom stereocenters. The lowest BCUT2D eigenvalue weighted by atomic mass is 10.4. The summed E-state index contributed by atoms with van der Waals surface area (Å²) < 4.78 is 0. The molecule has 1 heterocycles. The highest BCUT2D eigenvalue weighted by molar-refractivity contribution is 7.98. The summed E-state index contributed by atoms with van der Waals surface area (Å²) in [6.45, 7) is 6.78. The van der Waals surface area contributed by atoms with Crippen LogP contribution in [0.4, 0.5) is 0 Å². The first kappa shape index (κ1) is 15.3. The van der Waals surface area contributed by atoms with Crippen LogP contribution < -0.4 is 10.6 Å². The topological polar surface area (TPSA) is 49.3 Å². The van der Waals surface area contributed by atoms with Crippen molar-refractivity contribution in [3.05, 3.63) is 16.1 Å². The van der Waals surface area contributed by atoms with Crippen molar-refractivity contribution in [2.24, 2.45) is 4.99 Å². The van der Waals surface area contributed by atoms with Crippen molar-refractivity contribution in [2.75, 3.05) is 31.6 Å². The summed E-state index contributed by atoms with van der Waals surface area (Å²) in [5.41, 5.74) is 0. The first-order valence-corrected chi connectivity index (χ1v) is 8.39. The molecule has 0 saturated carbocycles. The maximum absolute atomic E-state index is 4.50. The van der Waals surface area contributed by atoms with Gasteiger partial charge in [-0.2, -0.15) is 11.8 Å². The summed E-state index contributed by atoms with van der Waals surface area (Å²) in [5, 5.41) is 7.76. The van der Waals surface area contributed by atoms with E-state index >= 15 is 0 Å². The second-order valence-electron chi connectivity index (χ2n) is 3.79. The third kappa shape index (κ3) is 6.26. The van der Waals surface area contributed by atoms with Crippen molar-refractivity contribution in [3.63, 3.8) is 0 Å². The predicted octanol–water partition coefficient (Wildman–Crippen LogP) is 1.91. The number of nitrogens with zero attached hydrogens (tertiary/aromatic N) is 2. The molecular weight excluding hydrogens is 264 g/mol. The van der Waals surface area contributed by atoms with Crippen molar-refractivity contribution in [1.82, 2.24) is 15.6 Å². The van der Waals surface area contributed by atoms with Gasteiger partial charge in [0.25, 0.3) is 0 Å². The maximum Gasteiger partial charge on any atom is 0.191 e. The number of nitrogens with one attached hydrogen (secondary N) is 2. The number of thioether (sulfide) groups is 1. The predicted molar refractivity (Wildman–Crippen MR) is 82.9 cm³/mol.